The first-order valence-electron chi connectivity index (χ1n) is 10.8. The lowest BCUT2D eigenvalue weighted by molar-refractivity contribution is 0.0258. The molecule has 0 spiro atoms. The second-order valence-electron chi connectivity index (χ2n) is 9.11. The average molecular weight is 420 g/mol. The summed E-state index contributed by atoms with van der Waals surface area (Å²) in [6.45, 7) is 16.4. The fraction of sp³-hybridized carbons (Fsp3) is 0.440. The largest absolute Gasteiger partial charge is 0.490 e. The second-order valence-corrected chi connectivity index (χ2v) is 9.11. The fourth-order valence-corrected chi connectivity index (χ4v) is 4.11. The summed E-state index contributed by atoms with van der Waals surface area (Å²) in [7, 11) is 0. The number of nitrogens with zero attached hydrogens (tertiary/aromatic N) is 3. The highest BCUT2D eigenvalue weighted by Crippen LogP contribution is 2.37. The van der Waals surface area contributed by atoms with Crippen molar-refractivity contribution in [1.82, 2.24) is 4.90 Å². The summed E-state index contributed by atoms with van der Waals surface area (Å²) >= 11 is 0. The van der Waals surface area contributed by atoms with Gasteiger partial charge in [-0.2, -0.15) is 0 Å². The average Bonchev–Trinajstić information content (AvgIpc) is 2.94. The number of anilines is 1. The SMILES string of the molecule is [C-]#[N+]c1cccc(CN2CCOc3cc4c(cc32)CCN(C(=O)OC(C)(C)C)CC4)c1. The van der Waals surface area contributed by atoms with Crippen LogP contribution in [-0.2, 0) is 24.1 Å². The van der Waals surface area contributed by atoms with Gasteiger partial charge in [-0.15, -0.1) is 0 Å². The van der Waals surface area contributed by atoms with Crippen LogP contribution in [0.4, 0.5) is 16.2 Å². The van der Waals surface area contributed by atoms with Crippen LogP contribution in [0.25, 0.3) is 4.85 Å². The molecule has 2 aromatic carbocycles. The lowest BCUT2D eigenvalue weighted by atomic mass is 10.00. The van der Waals surface area contributed by atoms with Crippen molar-refractivity contribution in [3.05, 3.63) is 64.5 Å². The smallest absolute Gasteiger partial charge is 0.410 e. The van der Waals surface area contributed by atoms with Crippen molar-refractivity contribution in [3.63, 3.8) is 0 Å². The van der Waals surface area contributed by atoms with E-state index in [1.54, 1.807) is 4.90 Å². The van der Waals surface area contributed by atoms with Crippen LogP contribution in [0, 0.1) is 6.57 Å². The summed E-state index contributed by atoms with van der Waals surface area (Å²) < 4.78 is 11.6. The van der Waals surface area contributed by atoms with Crippen molar-refractivity contribution in [2.75, 3.05) is 31.1 Å². The third-order valence-corrected chi connectivity index (χ3v) is 5.61. The van der Waals surface area contributed by atoms with E-state index >= 15 is 0 Å². The monoisotopic (exact) mass is 419 g/mol. The van der Waals surface area contributed by atoms with Crippen LogP contribution in [0.2, 0.25) is 0 Å². The van der Waals surface area contributed by atoms with Crippen molar-refractivity contribution in [1.29, 1.82) is 0 Å². The molecule has 0 aliphatic carbocycles. The molecule has 0 unspecified atom stereocenters. The summed E-state index contributed by atoms with van der Waals surface area (Å²) in [4.78, 5) is 20.2. The Morgan fingerprint density at radius 2 is 1.87 bits per heavy atom. The number of fused-ring (bicyclic) bond motifs is 2. The van der Waals surface area contributed by atoms with Gasteiger partial charge in [0.05, 0.1) is 18.8 Å². The molecule has 2 aliphatic heterocycles. The molecule has 2 heterocycles. The Bertz CT molecular complexity index is 1020. The predicted molar refractivity (Wildman–Crippen MR) is 121 cm³/mol. The molecule has 162 valence electrons. The van der Waals surface area contributed by atoms with Gasteiger partial charge in [-0.3, -0.25) is 0 Å². The summed E-state index contributed by atoms with van der Waals surface area (Å²) in [5.74, 6) is 0.900. The third-order valence-electron chi connectivity index (χ3n) is 5.61. The van der Waals surface area contributed by atoms with Crippen molar-refractivity contribution in [2.24, 2.45) is 0 Å². The van der Waals surface area contributed by atoms with Gasteiger partial charge in [-0.05, 0) is 62.4 Å². The van der Waals surface area contributed by atoms with Crippen LogP contribution in [0.3, 0.4) is 0 Å². The number of ether oxygens (including phenoxy) is 2. The number of carbonyl (C=O) groups excluding carboxylic acids is 1. The van der Waals surface area contributed by atoms with Gasteiger partial charge in [0.2, 0.25) is 0 Å². The molecule has 6 nitrogen and oxygen atoms in total. The van der Waals surface area contributed by atoms with Gasteiger partial charge in [0.25, 0.3) is 0 Å². The Morgan fingerprint density at radius 3 is 2.58 bits per heavy atom. The number of carbonyl (C=O) groups is 1. The Labute approximate surface area is 184 Å². The highest BCUT2D eigenvalue weighted by atomic mass is 16.6. The maximum absolute atomic E-state index is 12.5. The van der Waals surface area contributed by atoms with Crippen LogP contribution in [-0.4, -0.2) is 42.8 Å². The van der Waals surface area contributed by atoms with Crippen LogP contribution in [0.15, 0.2) is 36.4 Å². The van der Waals surface area contributed by atoms with E-state index in [1.165, 1.54) is 11.1 Å². The van der Waals surface area contributed by atoms with Gasteiger partial charge in [0.15, 0.2) is 5.69 Å². The molecule has 6 heteroatoms. The fourth-order valence-electron chi connectivity index (χ4n) is 4.11. The zero-order valence-electron chi connectivity index (χ0n) is 18.5. The van der Waals surface area contributed by atoms with Crippen molar-refractivity contribution >= 4 is 17.5 Å². The molecule has 1 amide bonds. The lowest BCUT2D eigenvalue weighted by Crippen LogP contribution is -2.38. The molecule has 4 rings (SSSR count). The molecule has 0 aromatic heterocycles. The first-order valence-corrected chi connectivity index (χ1v) is 10.8. The molecule has 0 saturated heterocycles. The molecule has 0 bridgehead atoms. The van der Waals surface area contributed by atoms with Gasteiger partial charge in [-0.25, -0.2) is 9.64 Å². The maximum atomic E-state index is 12.5. The molecular formula is C25H29N3O3. The van der Waals surface area contributed by atoms with Crippen molar-refractivity contribution in [3.8, 4) is 5.75 Å². The first-order chi connectivity index (χ1) is 14.8. The van der Waals surface area contributed by atoms with E-state index in [1.807, 2.05) is 39.0 Å². The highest BCUT2D eigenvalue weighted by molar-refractivity contribution is 5.69. The van der Waals surface area contributed by atoms with E-state index in [-0.39, 0.29) is 6.09 Å². The molecule has 0 fully saturated rings. The Hall–Kier alpha value is -3.20. The first kappa shape index (κ1) is 21.0. The van der Waals surface area contributed by atoms with Gasteiger partial charge in [0, 0.05) is 19.6 Å². The van der Waals surface area contributed by atoms with Gasteiger partial charge in [-0.1, -0.05) is 24.3 Å². The molecular weight excluding hydrogens is 390 g/mol. The minimum atomic E-state index is -0.492. The Morgan fingerprint density at radius 1 is 1.13 bits per heavy atom. The number of amides is 1. The summed E-state index contributed by atoms with van der Waals surface area (Å²) in [6, 6.07) is 12.1. The molecule has 0 N–H and O–H groups in total. The molecule has 0 atom stereocenters. The Kier molecular flexibility index (Phi) is 5.77. The number of hydrogen-bond donors (Lipinski definition) is 0. The topological polar surface area (TPSA) is 46.4 Å². The molecule has 0 radical (unpaired) electrons. The summed E-state index contributed by atoms with van der Waals surface area (Å²) in [6.07, 6.45) is 1.34. The van der Waals surface area contributed by atoms with Crippen molar-refractivity contribution in [2.45, 2.75) is 45.8 Å². The van der Waals surface area contributed by atoms with Gasteiger partial charge < -0.3 is 19.3 Å². The van der Waals surface area contributed by atoms with E-state index < -0.39 is 5.60 Å². The quantitative estimate of drug-likeness (QED) is 0.645. The minimum Gasteiger partial charge on any atom is -0.490 e. The molecule has 31 heavy (non-hydrogen) atoms. The lowest BCUT2D eigenvalue weighted by Gasteiger charge is -2.32. The predicted octanol–water partition coefficient (Wildman–Crippen LogP) is 4.97. The maximum Gasteiger partial charge on any atom is 0.410 e. The van der Waals surface area contributed by atoms with E-state index in [4.69, 9.17) is 16.0 Å². The van der Waals surface area contributed by atoms with E-state index in [0.29, 0.717) is 25.4 Å². The highest BCUT2D eigenvalue weighted by Gasteiger charge is 2.26. The van der Waals surface area contributed by atoms with E-state index in [2.05, 4.69) is 27.9 Å². The zero-order valence-corrected chi connectivity index (χ0v) is 18.5. The number of benzene rings is 2. The summed E-state index contributed by atoms with van der Waals surface area (Å²) in [5.41, 5.74) is 4.87. The van der Waals surface area contributed by atoms with Crippen LogP contribution in [0.1, 0.15) is 37.5 Å². The van der Waals surface area contributed by atoms with E-state index in [9.17, 15) is 4.79 Å². The Balaban J connectivity index is 1.53. The number of hydrogen-bond acceptors (Lipinski definition) is 4. The van der Waals surface area contributed by atoms with Gasteiger partial charge in [0.1, 0.15) is 18.0 Å². The summed E-state index contributed by atoms with van der Waals surface area (Å²) in [5, 5.41) is 0. The zero-order chi connectivity index (χ0) is 22.0. The van der Waals surface area contributed by atoms with E-state index in [0.717, 1.165) is 42.9 Å². The van der Waals surface area contributed by atoms with Crippen LogP contribution < -0.4 is 9.64 Å². The molecule has 2 aromatic rings. The molecule has 0 saturated carbocycles. The standard InChI is InChI=1S/C25H29N3O3/c1-25(2,3)31-24(29)27-10-8-19-15-22-23(16-20(19)9-11-27)30-13-12-28(22)17-18-6-5-7-21(14-18)26-4/h5-7,14-16H,8-13,17H2,1-3H3. The number of rotatable bonds is 2. The van der Waals surface area contributed by atoms with Crippen LogP contribution >= 0.6 is 0 Å². The van der Waals surface area contributed by atoms with Gasteiger partial charge >= 0.3 is 6.09 Å². The second kappa shape index (κ2) is 8.50. The van der Waals surface area contributed by atoms with Crippen molar-refractivity contribution < 1.29 is 14.3 Å². The normalized spacial score (nSPS) is 15.8. The van der Waals surface area contributed by atoms with Crippen LogP contribution in [0.5, 0.6) is 5.75 Å². The minimum absolute atomic E-state index is 0.248. The molecule has 2 aliphatic rings. The third kappa shape index (κ3) is 4.93.